The van der Waals surface area contributed by atoms with Crippen molar-refractivity contribution in [2.45, 2.75) is 42.1 Å². The van der Waals surface area contributed by atoms with Crippen LogP contribution in [0, 0.1) is 5.82 Å². The smallest absolute Gasteiger partial charge is 0.241 e. The lowest BCUT2D eigenvalue weighted by Crippen LogP contribution is -2.33. The molecule has 2 atom stereocenters. The average molecular weight is 319 g/mol. The normalized spacial score (nSPS) is 23.1. The lowest BCUT2D eigenvalue weighted by atomic mass is 10.2. The SMILES string of the molecule is CSC1CCC(NS(=O)(=O)c2cc(F)ccc2CO)C1. The van der Waals surface area contributed by atoms with E-state index in [0.29, 0.717) is 5.25 Å². The molecule has 0 amide bonds. The molecule has 112 valence electrons. The molecule has 0 bridgehead atoms. The van der Waals surface area contributed by atoms with Crippen LogP contribution in [0.25, 0.3) is 0 Å². The van der Waals surface area contributed by atoms with E-state index < -0.39 is 22.4 Å². The van der Waals surface area contributed by atoms with Crippen molar-refractivity contribution in [1.82, 2.24) is 4.72 Å². The van der Waals surface area contributed by atoms with Gasteiger partial charge in [-0.2, -0.15) is 11.8 Å². The fourth-order valence-corrected chi connectivity index (χ4v) is 4.78. The molecule has 1 aliphatic carbocycles. The summed E-state index contributed by atoms with van der Waals surface area (Å²) in [5.74, 6) is -0.629. The molecule has 4 nitrogen and oxygen atoms in total. The predicted molar refractivity (Wildman–Crippen MR) is 77.6 cm³/mol. The number of sulfonamides is 1. The van der Waals surface area contributed by atoms with Crippen LogP contribution in [0.1, 0.15) is 24.8 Å². The molecule has 1 fully saturated rings. The van der Waals surface area contributed by atoms with Crippen molar-refractivity contribution in [3.05, 3.63) is 29.6 Å². The second-order valence-corrected chi connectivity index (χ2v) is 7.72. The zero-order valence-corrected chi connectivity index (χ0v) is 12.8. The van der Waals surface area contributed by atoms with Gasteiger partial charge >= 0.3 is 0 Å². The minimum absolute atomic E-state index is 0.118. The summed E-state index contributed by atoms with van der Waals surface area (Å²) in [4.78, 5) is -0.174. The topological polar surface area (TPSA) is 66.4 Å². The van der Waals surface area contributed by atoms with Crippen LogP contribution in [-0.4, -0.2) is 31.1 Å². The molecule has 7 heteroatoms. The minimum Gasteiger partial charge on any atom is -0.392 e. The zero-order valence-electron chi connectivity index (χ0n) is 11.2. The van der Waals surface area contributed by atoms with Crippen LogP contribution in [0.2, 0.25) is 0 Å². The Morgan fingerprint density at radius 3 is 2.80 bits per heavy atom. The van der Waals surface area contributed by atoms with Crippen LogP contribution in [0.15, 0.2) is 23.1 Å². The van der Waals surface area contributed by atoms with E-state index in [4.69, 9.17) is 0 Å². The van der Waals surface area contributed by atoms with Gasteiger partial charge in [0.25, 0.3) is 0 Å². The Hall–Kier alpha value is -0.630. The molecular formula is C13H18FNO3S2. The van der Waals surface area contributed by atoms with Crippen LogP contribution in [-0.2, 0) is 16.6 Å². The van der Waals surface area contributed by atoms with Crippen LogP contribution in [0.3, 0.4) is 0 Å². The predicted octanol–water partition coefficient (Wildman–Crippen LogP) is 1.88. The number of benzene rings is 1. The Kier molecular flexibility index (Phi) is 5.06. The molecule has 0 radical (unpaired) electrons. The van der Waals surface area contributed by atoms with E-state index in [9.17, 15) is 17.9 Å². The zero-order chi connectivity index (χ0) is 14.8. The van der Waals surface area contributed by atoms with E-state index in [0.717, 1.165) is 31.4 Å². The maximum absolute atomic E-state index is 13.3. The molecule has 0 spiro atoms. The Balaban J connectivity index is 2.20. The number of thioether (sulfide) groups is 1. The molecule has 1 aliphatic rings. The first-order valence-electron chi connectivity index (χ1n) is 6.40. The van der Waals surface area contributed by atoms with Crippen molar-refractivity contribution in [1.29, 1.82) is 0 Å². The molecule has 0 aromatic heterocycles. The molecule has 2 rings (SSSR count). The van der Waals surface area contributed by atoms with Gasteiger partial charge in [0.15, 0.2) is 0 Å². The van der Waals surface area contributed by atoms with E-state index in [1.54, 1.807) is 11.8 Å². The molecule has 1 aromatic carbocycles. The average Bonchev–Trinajstić information content (AvgIpc) is 2.85. The molecule has 2 N–H and O–H groups in total. The van der Waals surface area contributed by atoms with Crippen LogP contribution in [0.4, 0.5) is 4.39 Å². The number of nitrogens with one attached hydrogen (secondary N) is 1. The summed E-state index contributed by atoms with van der Waals surface area (Å²) in [5, 5.41) is 9.66. The highest BCUT2D eigenvalue weighted by Crippen LogP contribution is 2.29. The van der Waals surface area contributed by atoms with Crippen LogP contribution < -0.4 is 4.72 Å². The lowest BCUT2D eigenvalue weighted by Gasteiger charge is -2.15. The maximum Gasteiger partial charge on any atom is 0.241 e. The Morgan fingerprint density at radius 1 is 1.45 bits per heavy atom. The highest BCUT2D eigenvalue weighted by molar-refractivity contribution is 7.99. The second kappa shape index (κ2) is 6.43. The van der Waals surface area contributed by atoms with E-state index in [2.05, 4.69) is 4.72 Å². The van der Waals surface area contributed by atoms with Gasteiger partial charge in [-0.05, 0) is 43.2 Å². The molecule has 0 heterocycles. The second-order valence-electron chi connectivity index (χ2n) is 4.90. The van der Waals surface area contributed by atoms with E-state index in [-0.39, 0.29) is 16.5 Å². The molecule has 0 aliphatic heterocycles. The van der Waals surface area contributed by atoms with Crippen molar-refractivity contribution in [2.75, 3.05) is 6.26 Å². The fourth-order valence-electron chi connectivity index (χ4n) is 2.45. The van der Waals surface area contributed by atoms with Crippen molar-refractivity contribution in [3.63, 3.8) is 0 Å². The fraction of sp³-hybridized carbons (Fsp3) is 0.538. The largest absolute Gasteiger partial charge is 0.392 e. The van der Waals surface area contributed by atoms with Crippen LogP contribution >= 0.6 is 11.8 Å². The maximum atomic E-state index is 13.3. The standard InChI is InChI=1S/C13H18FNO3S2/c1-19-12-5-4-11(7-12)15-20(17,18)13-6-10(14)3-2-9(13)8-16/h2-3,6,11-12,15-16H,4-5,7-8H2,1H3. The number of rotatable bonds is 5. The lowest BCUT2D eigenvalue weighted by molar-refractivity contribution is 0.278. The van der Waals surface area contributed by atoms with Gasteiger partial charge in [-0.3, -0.25) is 0 Å². The van der Waals surface area contributed by atoms with Gasteiger partial charge < -0.3 is 5.11 Å². The summed E-state index contributed by atoms with van der Waals surface area (Å²) in [6, 6.07) is 3.27. The number of hydrogen-bond acceptors (Lipinski definition) is 4. The van der Waals surface area contributed by atoms with E-state index >= 15 is 0 Å². The third kappa shape index (κ3) is 3.52. The van der Waals surface area contributed by atoms with Crippen LogP contribution in [0.5, 0.6) is 0 Å². The van der Waals surface area contributed by atoms with Gasteiger partial charge in [0, 0.05) is 11.3 Å². The van der Waals surface area contributed by atoms with Crippen molar-refractivity contribution < 1.29 is 17.9 Å². The monoisotopic (exact) mass is 319 g/mol. The molecule has 1 aromatic rings. The number of aliphatic hydroxyl groups is 1. The quantitative estimate of drug-likeness (QED) is 0.870. The first-order chi connectivity index (χ1) is 9.46. The molecule has 2 unspecified atom stereocenters. The summed E-state index contributed by atoms with van der Waals surface area (Å²) in [7, 11) is -3.80. The summed E-state index contributed by atoms with van der Waals surface area (Å²) in [5.41, 5.74) is 0.207. The van der Waals surface area contributed by atoms with Gasteiger partial charge in [-0.25, -0.2) is 17.5 Å². The Bertz CT molecular complexity index is 577. The summed E-state index contributed by atoms with van der Waals surface area (Å²) >= 11 is 1.73. The molecular weight excluding hydrogens is 301 g/mol. The molecule has 0 saturated heterocycles. The first kappa shape index (κ1) is 15.8. The van der Waals surface area contributed by atoms with Gasteiger partial charge in [-0.15, -0.1) is 0 Å². The first-order valence-corrected chi connectivity index (χ1v) is 9.18. The third-order valence-corrected chi connectivity index (χ3v) is 6.23. The number of hydrogen-bond donors (Lipinski definition) is 2. The van der Waals surface area contributed by atoms with Crippen molar-refractivity contribution in [2.24, 2.45) is 0 Å². The Labute approximate surface area is 122 Å². The number of aliphatic hydroxyl groups excluding tert-OH is 1. The van der Waals surface area contributed by atoms with Gasteiger partial charge in [0.2, 0.25) is 10.0 Å². The summed E-state index contributed by atoms with van der Waals surface area (Å²) < 4.78 is 40.5. The van der Waals surface area contributed by atoms with Gasteiger partial charge in [0.1, 0.15) is 5.82 Å². The van der Waals surface area contributed by atoms with E-state index in [1.165, 1.54) is 6.07 Å². The molecule has 1 saturated carbocycles. The van der Waals surface area contributed by atoms with Gasteiger partial charge in [0.05, 0.1) is 11.5 Å². The third-order valence-electron chi connectivity index (χ3n) is 3.53. The summed E-state index contributed by atoms with van der Waals surface area (Å²) in [6.45, 7) is -0.436. The van der Waals surface area contributed by atoms with Crippen molar-refractivity contribution in [3.8, 4) is 0 Å². The number of halogens is 1. The summed E-state index contributed by atoms with van der Waals surface area (Å²) in [6.07, 6.45) is 4.56. The van der Waals surface area contributed by atoms with Crippen molar-refractivity contribution >= 4 is 21.8 Å². The van der Waals surface area contributed by atoms with E-state index in [1.807, 2.05) is 6.26 Å². The molecule has 20 heavy (non-hydrogen) atoms. The van der Waals surface area contributed by atoms with Gasteiger partial charge in [-0.1, -0.05) is 6.07 Å². The highest BCUT2D eigenvalue weighted by atomic mass is 32.2. The minimum atomic E-state index is -3.80. The highest BCUT2D eigenvalue weighted by Gasteiger charge is 2.29. The Morgan fingerprint density at radius 2 is 2.20 bits per heavy atom.